The molecule has 3 nitrogen and oxygen atoms in total. The van der Waals surface area contributed by atoms with Gasteiger partial charge in [0.25, 0.3) is 0 Å². The summed E-state index contributed by atoms with van der Waals surface area (Å²) in [5.74, 6) is 0.902. The molecular weight excluding hydrogens is 298 g/mol. The van der Waals surface area contributed by atoms with E-state index in [1.165, 1.54) is 16.7 Å². The van der Waals surface area contributed by atoms with E-state index >= 15 is 0 Å². The lowest BCUT2D eigenvalue weighted by Gasteiger charge is -2.43. The van der Waals surface area contributed by atoms with Gasteiger partial charge < -0.3 is 9.47 Å². The van der Waals surface area contributed by atoms with E-state index in [9.17, 15) is 0 Å². The average Bonchev–Trinajstić information content (AvgIpc) is 2.62. The number of aryl methyl sites for hydroxylation is 1. The fourth-order valence-electron chi connectivity index (χ4n) is 3.85. The molecule has 0 saturated carbocycles. The zero-order valence-corrected chi connectivity index (χ0v) is 14.9. The standard InChI is InChI=1S/C21H27NO2/c1-17-14-19(23-2)10-11-20(17)21(24-3)12-7-13-22(16-21)15-18-8-5-4-6-9-18/h4-6,8-11,14H,7,12-13,15-16H2,1-3H3. The van der Waals surface area contributed by atoms with Crippen LogP contribution in [0.5, 0.6) is 5.75 Å². The normalized spacial score (nSPS) is 21.6. The van der Waals surface area contributed by atoms with Gasteiger partial charge in [0.1, 0.15) is 11.4 Å². The van der Waals surface area contributed by atoms with Gasteiger partial charge in [-0.05, 0) is 55.1 Å². The summed E-state index contributed by atoms with van der Waals surface area (Å²) in [5, 5.41) is 0. The van der Waals surface area contributed by atoms with E-state index in [4.69, 9.17) is 9.47 Å². The van der Waals surface area contributed by atoms with E-state index in [2.05, 4.69) is 54.3 Å². The second kappa shape index (κ2) is 7.37. The van der Waals surface area contributed by atoms with Crippen LogP contribution in [0, 0.1) is 6.92 Å². The molecule has 3 heteroatoms. The van der Waals surface area contributed by atoms with Crippen LogP contribution in [-0.4, -0.2) is 32.2 Å². The third-order valence-corrected chi connectivity index (χ3v) is 5.10. The first kappa shape index (κ1) is 17.0. The Kier molecular flexibility index (Phi) is 5.22. The van der Waals surface area contributed by atoms with Crippen LogP contribution in [0.25, 0.3) is 0 Å². The summed E-state index contributed by atoms with van der Waals surface area (Å²) < 4.78 is 11.5. The van der Waals surface area contributed by atoms with Gasteiger partial charge >= 0.3 is 0 Å². The predicted molar refractivity (Wildman–Crippen MR) is 97.4 cm³/mol. The van der Waals surface area contributed by atoms with Crippen LogP contribution in [0.1, 0.15) is 29.5 Å². The number of ether oxygens (including phenoxy) is 2. The maximum Gasteiger partial charge on any atom is 0.119 e. The van der Waals surface area contributed by atoms with E-state index in [1.807, 2.05) is 13.2 Å². The van der Waals surface area contributed by atoms with Crippen molar-refractivity contribution in [1.82, 2.24) is 4.90 Å². The van der Waals surface area contributed by atoms with Crippen LogP contribution in [0.4, 0.5) is 0 Å². The number of piperidine rings is 1. The van der Waals surface area contributed by atoms with Crippen molar-refractivity contribution < 1.29 is 9.47 Å². The molecule has 24 heavy (non-hydrogen) atoms. The van der Waals surface area contributed by atoms with E-state index < -0.39 is 0 Å². The number of likely N-dealkylation sites (tertiary alicyclic amines) is 1. The Hall–Kier alpha value is -1.84. The molecule has 1 fully saturated rings. The molecule has 1 heterocycles. The SMILES string of the molecule is COc1ccc(C2(OC)CCCN(Cc3ccccc3)C2)c(C)c1. The topological polar surface area (TPSA) is 21.7 Å². The molecule has 0 spiro atoms. The van der Waals surface area contributed by atoms with Crippen LogP contribution in [0.3, 0.4) is 0 Å². The van der Waals surface area contributed by atoms with Crippen LogP contribution in [0.15, 0.2) is 48.5 Å². The van der Waals surface area contributed by atoms with Crippen LogP contribution in [-0.2, 0) is 16.9 Å². The summed E-state index contributed by atoms with van der Waals surface area (Å²) in [6.45, 7) is 5.16. The molecule has 1 aliphatic heterocycles. The molecule has 1 aliphatic rings. The number of benzene rings is 2. The van der Waals surface area contributed by atoms with E-state index in [-0.39, 0.29) is 5.60 Å². The molecule has 2 aromatic rings. The Morgan fingerprint density at radius 2 is 1.88 bits per heavy atom. The van der Waals surface area contributed by atoms with Gasteiger partial charge in [-0.15, -0.1) is 0 Å². The van der Waals surface area contributed by atoms with Gasteiger partial charge in [-0.25, -0.2) is 0 Å². The van der Waals surface area contributed by atoms with Crippen molar-refractivity contribution in [2.75, 3.05) is 27.3 Å². The molecule has 1 atom stereocenters. The van der Waals surface area contributed by atoms with Gasteiger partial charge in [-0.1, -0.05) is 36.4 Å². The minimum atomic E-state index is -0.233. The highest BCUT2D eigenvalue weighted by atomic mass is 16.5. The van der Waals surface area contributed by atoms with Gasteiger partial charge in [-0.3, -0.25) is 4.90 Å². The summed E-state index contributed by atoms with van der Waals surface area (Å²) in [6, 6.07) is 17.0. The van der Waals surface area contributed by atoms with Crippen LogP contribution in [0.2, 0.25) is 0 Å². The van der Waals surface area contributed by atoms with Crippen molar-refractivity contribution in [2.45, 2.75) is 31.9 Å². The van der Waals surface area contributed by atoms with Crippen molar-refractivity contribution in [2.24, 2.45) is 0 Å². The Bertz CT molecular complexity index is 671. The molecule has 0 aliphatic carbocycles. The molecule has 0 bridgehead atoms. The summed E-state index contributed by atoms with van der Waals surface area (Å²) in [6.07, 6.45) is 2.20. The van der Waals surface area contributed by atoms with Gasteiger partial charge in [-0.2, -0.15) is 0 Å². The van der Waals surface area contributed by atoms with E-state index in [1.54, 1.807) is 7.11 Å². The average molecular weight is 325 g/mol. The molecule has 0 radical (unpaired) electrons. The molecule has 0 amide bonds. The van der Waals surface area contributed by atoms with Crippen LogP contribution < -0.4 is 4.74 Å². The lowest BCUT2D eigenvalue weighted by molar-refractivity contribution is -0.0724. The number of nitrogens with zero attached hydrogens (tertiary/aromatic N) is 1. The van der Waals surface area contributed by atoms with E-state index in [0.717, 1.165) is 38.2 Å². The van der Waals surface area contributed by atoms with Crippen molar-refractivity contribution in [3.63, 3.8) is 0 Å². The number of rotatable bonds is 5. The third-order valence-electron chi connectivity index (χ3n) is 5.10. The molecule has 3 rings (SSSR count). The summed E-state index contributed by atoms with van der Waals surface area (Å²) in [4.78, 5) is 2.51. The lowest BCUT2D eigenvalue weighted by Crippen LogP contribution is -2.47. The second-order valence-electron chi connectivity index (χ2n) is 6.68. The Morgan fingerprint density at radius 3 is 2.54 bits per heavy atom. The zero-order chi connectivity index (χ0) is 17.0. The van der Waals surface area contributed by atoms with Crippen LogP contribution >= 0.6 is 0 Å². The first-order valence-corrected chi connectivity index (χ1v) is 8.63. The fourth-order valence-corrected chi connectivity index (χ4v) is 3.85. The molecular formula is C21H27NO2. The Morgan fingerprint density at radius 1 is 1.08 bits per heavy atom. The van der Waals surface area contributed by atoms with Gasteiger partial charge in [0.2, 0.25) is 0 Å². The summed E-state index contributed by atoms with van der Waals surface area (Å²) >= 11 is 0. The van der Waals surface area contributed by atoms with Gasteiger partial charge in [0, 0.05) is 20.2 Å². The van der Waals surface area contributed by atoms with Gasteiger partial charge in [0.05, 0.1) is 7.11 Å². The molecule has 0 N–H and O–H groups in total. The Balaban J connectivity index is 1.83. The minimum Gasteiger partial charge on any atom is -0.497 e. The number of hydrogen-bond acceptors (Lipinski definition) is 3. The molecule has 128 valence electrons. The third kappa shape index (κ3) is 3.47. The molecule has 2 aromatic carbocycles. The highest BCUT2D eigenvalue weighted by molar-refractivity contribution is 5.39. The summed E-state index contributed by atoms with van der Waals surface area (Å²) in [7, 11) is 3.55. The van der Waals surface area contributed by atoms with Crippen molar-refractivity contribution in [3.05, 3.63) is 65.2 Å². The molecule has 1 saturated heterocycles. The smallest absolute Gasteiger partial charge is 0.119 e. The fraction of sp³-hybridized carbons (Fsp3) is 0.429. The summed E-state index contributed by atoms with van der Waals surface area (Å²) in [5.41, 5.74) is 3.64. The van der Waals surface area contributed by atoms with Crippen molar-refractivity contribution in [3.8, 4) is 5.75 Å². The van der Waals surface area contributed by atoms with Gasteiger partial charge in [0.15, 0.2) is 0 Å². The first-order valence-electron chi connectivity index (χ1n) is 8.63. The highest BCUT2D eigenvalue weighted by Gasteiger charge is 2.38. The second-order valence-corrected chi connectivity index (χ2v) is 6.68. The largest absolute Gasteiger partial charge is 0.497 e. The monoisotopic (exact) mass is 325 g/mol. The minimum absolute atomic E-state index is 0.233. The maximum atomic E-state index is 6.10. The van der Waals surface area contributed by atoms with Crippen molar-refractivity contribution in [1.29, 1.82) is 0 Å². The Labute approximate surface area is 145 Å². The van der Waals surface area contributed by atoms with E-state index in [0.29, 0.717) is 0 Å². The van der Waals surface area contributed by atoms with Crippen molar-refractivity contribution >= 4 is 0 Å². The zero-order valence-electron chi connectivity index (χ0n) is 14.9. The predicted octanol–water partition coefficient (Wildman–Crippen LogP) is 4.14. The molecule has 1 unspecified atom stereocenters. The quantitative estimate of drug-likeness (QED) is 0.824. The maximum absolute atomic E-state index is 6.10. The highest BCUT2D eigenvalue weighted by Crippen LogP contribution is 2.38. The first-order chi connectivity index (χ1) is 11.7. The molecule has 0 aromatic heterocycles. The number of hydrogen-bond donors (Lipinski definition) is 0. The number of methoxy groups -OCH3 is 2. The lowest BCUT2D eigenvalue weighted by atomic mass is 9.83.